The van der Waals surface area contributed by atoms with E-state index in [9.17, 15) is 13.6 Å². The Morgan fingerprint density at radius 2 is 1.88 bits per heavy atom. The van der Waals surface area contributed by atoms with Crippen LogP contribution in [-0.2, 0) is 4.79 Å². The SMILES string of the molecule is CC(C(=O)F)=C(N)F. The van der Waals surface area contributed by atoms with E-state index in [4.69, 9.17) is 0 Å². The van der Waals surface area contributed by atoms with Crippen LogP contribution >= 0.6 is 0 Å². The number of carbonyl (C=O) groups is 1. The number of hydrogen-bond donors (Lipinski definition) is 1. The summed E-state index contributed by atoms with van der Waals surface area (Å²) in [6, 6.07) is -1.83. The van der Waals surface area contributed by atoms with Gasteiger partial charge in [-0.3, -0.25) is 4.79 Å². The van der Waals surface area contributed by atoms with Crippen molar-refractivity contribution in [3.05, 3.63) is 11.5 Å². The van der Waals surface area contributed by atoms with Crippen LogP contribution in [-0.4, -0.2) is 6.04 Å². The molecule has 2 N–H and O–H groups in total. The van der Waals surface area contributed by atoms with Gasteiger partial charge in [-0.15, -0.1) is 0 Å². The van der Waals surface area contributed by atoms with Gasteiger partial charge in [0.25, 0.3) is 0 Å². The van der Waals surface area contributed by atoms with E-state index in [0.717, 1.165) is 6.92 Å². The smallest absolute Gasteiger partial charge is 0.332 e. The molecule has 0 heterocycles. The quantitative estimate of drug-likeness (QED) is 0.314. The number of allylic oxidation sites excluding steroid dienone is 1. The zero-order chi connectivity index (χ0) is 6.73. The summed E-state index contributed by atoms with van der Waals surface area (Å²) in [7, 11) is 0. The molecule has 0 saturated heterocycles. The fraction of sp³-hybridized carbons (Fsp3) is 0.250. The zero-order valence-corrected chi connectivity index (χ0v) is 4.24. The van der Waals surface area contributed by atoms with Gasteiger partial charge < -0.3 is 5.73 Å². The Morgan fingerprint density at radius 3 is 1.88 bits per heavy atom. The molecule has 0 saturated carbocycles. The fourth-order valence-electron chi connectivity index (χ4n) is 0.0939. The van der Waals surface area contributed by atoms with Gasteiger partial charge in [-0.25, -0.2) is 0 Å². The molecule has 0 aliphatic rings. The lowest BCUT2D eigenvalue weighted by Gasteiger charge is -1.86. The minimum Gasteiger partial charge on any atom is -0.375 e. The molecule has 46 valence electrons. The maximum Gasteiger partial charge on any atom is 0.332 e. The first-order valence-electron chi connectivity index (χ1n) is 1.87. The lowest BCUT2D eigenvalue weighted by molar-refractivity contribution is -0.125. The molecule has 0 unspecified atom stereocenters. The second kappa shape index (κ2) is 2.40. The molecule has 2 nitrogen and oxygen atoms in total. The van der Waals surface area contributed by atoms with Gasteiger partial charge in [0.1, 0.15) is 0 Å². The second-order valence-corrected chi connectivity index (χ2v) is 1.25. The molecule has 4 heteroatoms. The van der Waals surface area contributed by atoms with Crippen molar-refractivity contribution >= 4 is 6.04 Å². The molecule has 0 bridgehead atoms. The molecular weight excluding hydrogens is 116 g/mol. The van der Waals surface area contributed by atoms with E-state index in [1.54, 1.807) is 0 Å². The van der Waals surface area contributed by atoms with E-state index < -0.39 is 17.6 Å². The Hall–Kier alpha value is -0.930. The van der Waals surface area contributed by atoms with E-state index in [1.165, 1.54) is 0 Å². The highest BCUT2D eigenvalue weighted by Crippen LogP contribution is 1.99. The highest BCUT2D eigenvalue weighted by atomic mass is 19.1. The Balaban J connectivity index is 4.23. The molecule has 8 heavy (non-hydrogen) atoms. The van der Waals surface area contributed by atoms with E-state index in [1.807, 2.05) is 0 Å². The van der Waals surface area contributed by atoms with E-state index in [0.29, 0.717) is 0 Å². The molecule has 0 amide bonds. The largest absolute Gasteiger partial charge is 0.375 e. The number of rotatable bonds is 1. The summed E-state index contributed by atoms with van der Waals surface area (Å²) in [5.41, 5.74) is 3.71. The number of halogens is 2. The molecule has 0 aliphatic heterocycles. The van der Waals surface area contributed by atoms with Crippen molar-refractivity contribution in [3.8, 4) is 0 Å². The van der Waals surface area contributed by atoms with Crippen LogP contribution in [0.2, 0.25) is 0 Å². The van der Waals surface area contributed by atoms with Gasteiger partial charge in [-0.1, -0.05) is 0 Å². The minimum absolute atomic E-state index is 0.676. The van der Waals surface area contributed by atoms with Gasteiger partial charge in [0.2, 0.25) is 0 Å². The molecule has 0 rings (SSSR count). The van der Waals surface area contributed by atoms with Gasteiger partial charge in [-0.2, -0.15) is 8.78 Å². The standard InChI is InChI=1S/C4H5F2NO/c1-2(3(5)7)4(6)8/h7H2,1H3. The normalized spacial score (nSPS) is 12.9. The first kappa shape index (κ1) is 7.07. The van der Waals surface area contributed by atoms with Crippen molar-refractivity contribution in [2.45, 2.75) is 6.92 Å². The third-order valence-corrected chi connectivity index (χ3v) is 0.653. The average molecular weight is 121 g/mol. The molecule has 0 aromatic carbocycles. The van der Waals surface area contributed by atoms with Crippen LogP contribution in [0.4, 0.5) is 8.78 Å². The van der Waals surface area contributed by atoms with Gasteiger partial charge in [0.15, 0.2) is 5.95 Å². The van der Waals surface area contributed by atoms with Crippen LogP contribution in [0.5, 0.6) is 0 Å². The Kier molecular flexibility index (Phi) is 2.12. The highest BCUT2D eigenvalue weighted by Gasteiger charge is 2.04. The molecule has 0 radical (unpaired) electrons. The van der Waals surface area contributed by atoms with Crippen LogP contribution in [0.25, 0.3) is 0 Å². The van der Waals surface area contributed by atoms with Crippen molar-refractivity contribution in [2.24, 2.45) is 5.73 Å². The van der Waals surface area contributed by atoms with E-state index in [2.05, 4.69) is 5.73 Å². The molecule has 0 aromatic heterocycles. The van der Waals surface area contributed by atoms with Gasteiger partial charge >= 0.3 is 6.04 Å². The predicted molar refractivity (Wildman–Crippen MR) is 24.1 cm³/mol. The van der Waals surface area contributed by atoms with Crippen molar-refractivity contribution < 1.29 is 13.6 Å². The first-order valence-corrected chi connectivity index (χ1v) is 1.87. The zero-order valence-electron chi connectivity index (χ0n) is 4.24. The molecule has 0 atom stereocenters. The predicted octanol–water partition coefficient (Wildman–Crippen LogP) is 0.642. The van der Waals surface area contributed by atoms with Crippen LogP contribution in [0.15, 0.2) is 11.5 Å². The van der Waals surface area contributed by atoms with Gasteiger partial charge in [0.05, 0.1) is 5.57 Å². The Morgan fingerprint density at radius 1 is 1.50 bits per heavy atom. The average Bonchev–Trinajstić information content (AvgIpc) is 1.64. The summed E-state index contributed by atoms with van der Waals surface area (Å²) in [4.78, 5) is 9.54. The summed E-state index contributed by atoms with van der Waals surface area (Å²) in [5, 5.41) is 0. The number of hydrogen-bond acceptors (Lipinski definition) is 2. The number of nitrogens with two attached hydrogens (primary N) is 1. The summed E-state index contributed by atoms with van der Waals surface area (Å²) in [6.45, 7) is 0.970. The van der Waals surface area contributed by atoms with Crippen LogP contribution in [0.3, 0.4) is 0 Å². The van der Waals surface area contributed by atoms with Crippen LogP contribution in [0, 0.1) is 0 Å². The monoisotopic (exact) mass is 121 g/mol. The third-order valence-electron chi connectivity index (χ3n) is 0.653. The lowest BCUT2D eigenvalue weighted by atomic mass is 10.3. The maximum atomic E-state index is 11.5. The molecule has 0 spiro atoms. The summed E-state index contributed by atoms with van der Waals surface area (Å²) < 4.78 is 22.9. The van der Waals surface area contributed by atoms with Crippen molar-refractivity contribution in [3.63, 3.8) is 0 Å². The summed E-state index contributed by atoms with van der Waals surface area (Å²) in [5.74, 6) is -1.27. The van der Waals surface area contributed by atoms with Crippen molar-refractivity contribution in [1.29, 1.82) is 0 Å². The Bertz CT molecular complexity index is 137. The highest BCUT2D eigenvalue weighted by molar-refractivity contribution is 5.86. The van der Waals surface area contributed by atoms with Crippen LogP contribution < -0.4 is 5.73 Å². The Labute approximate surface area is 45.0 Å². The summed E-state index contributed by atoms with van der Waals surface area (Å²) >= 11 is 0. The maximum absolute atomic E-state index is 11.5. The topological polar surface area (TPSA) is 43.1 Å². The molecule has 0 aliphatic carbocycles. The fourth-order valence-corrected chi connectivity index (χ4v) is 0.0939. The number of carbonyl (C=O) groups excluding carboxylic acids is 1. The van der Waals surface area contributed by atoms with Gasteiger partial charge in [-0.05, 0) is 6.92 Å². The second-order valence-electron chi connectivity index (χ2n) is 1.25. The van der Waals surface area contributed by atoms with Crippen LogP contribution in [0.1, 0.15) is 6.92 Å². The summed E-state index contributed by atoms with van der Waals surface area (Å²) in [6.07, 6.45) is 0. The minimum atomic E-state index is -1.83. The third kappa shape index (κ3) is 1.68. The molecule has 0 aromatic rings. The van der Waals surface area contributed by atoms with Crippen molar-refractivity contribution in [2.75, 3.05) is 0 Å². The van der Waals surface area contributed by atoms with Crippen molar-refractivity contribution in [1.82, 2.24) is 0 Å². The lowest BCUT2D eigenvalue weighted by Crippen LogP contribution is -1.99. The van der Waals surface area contributed by atoms with E-state index >= 15 is 0 Å². The molecular formula is C4H5F2NO. The molecule has 0 fully saturated rings. The van der Waals surface area contributed by atoms with Gasteiger partial charge in [0, 0.05) is 0 Å². The van der Waals surface area contributed by atoms with E-state index in [-0.39, 0.29) is 0 Å². The first-order chi connectivity index (χ1) is 3.55.